The van der Waals surface area contributed by atoms with Crippen molar-refractivity contribution in [3.05, 3.63) is 17.3 Å². The molecule has 2 heterocycles. The lowest BCUT2D eigenvalue weighted by molar-refractivity contribution is 0.228. The van der Waals surface area contributed by atoms with Crippen molar-refractivity contribution in [2.75, 3.05) is 0 Å². The number of aromatic nitrogens is 3. The Morgan fingerprint density at radius 1 is 1.56 bits per heavy atom. The summed E-state index contributed by atoms with van der Waals surface area (Å²) >= 11 is 1.31. The first-order chi connectivity index (χ1) is 7.83. The Bertz CT molecular complexity index is 466. The first-order valence-electron chi connectivity index (χ1n) is 5.21. The Hall–Kier alpha value is -1.30. The molecule has 0 saturated heterocycles. The molecule has 0 amide bonds. The van der Waals surface area contributed by atoms with Gasteiger partial charge in [-0.15, -0.1) is 0 Å². The van der Waals surface area contributed by atoms with Crippen LogP contribution in [0.2, 0.25) is 0 Å². The van der Waals surface area contributed by atoms with Crippen molar-refractivity contribution >= 4 is 11.5 Å². The lowest BCUT2D eigenvalue weighted by Crippen LogP contribution is -1.93. The van der Waals surface area contributed by atoms with Crippen LogP contribution in [0, 0.1) is 5.92 Å². The molecule has 0 N–H and O–H groups in total. The van der Waals surface area contributed by atoms with Crippen molar-refractivity contribution in [1.82, 2.24) is 14.5 Å². The highest BCUT2D eigenvalue weighted by atomic mass is 32.1. The fourth-order valence-electron chi connectivity index (χ4n) is 1.54. The molecule has 0 aromatic carbocycles. The second kappa shape index (κ2) is 3.93. The van der Waals surface area contributed by atoms with Gasteiger partial charge in [0.2, 0.25) is 5.82 Å². The molecule has 0 bridgehead atoms. The molecule has 4 nitrogen and oxygen atoms in total. The Kier molecular flexibility index (Phi) is 2.43. The van der Waals surface area contributed by atoms with E-state index in [1.165, 1.54) is 11.5 Å². The first kappa shape index (κ1) is 9.89. The zero-order valence-corrected chi connectivity index (χ0v) is 9.28. The molecule has 1 unspecified atom stereocenters. The monoisotopic (exact) mass is 239 g/mol. The van der Waals surface area contributed by atoms with Crippen molar-refractivity contribution in [3.8, 4) is 11.5 Å². The quantitative estimate of drug-likeness (QED) is 0.823. The Balaban J connectivity index is 1.76. The number of hydrogen-bond donors (Lipinski definition) is 0. The van der Waals surface area contributed by atoms with Gasteiger partial charge in [-0.25, -0.2) is 4.39 Å². The van der Waals surface area contributed by atoms with Gasteiger partial charge in [-0.1, -0.05) is 18.0 Å². The van der Waals surface area contributed by atoms with Crippen LogP contribution in [-0.2, 0) is 0 Å². The van der Waals surface area contributed by atoms with Gasteiger partial charge in [-0.2, -0.15) is 9.36 Å². The van der Waals surface area contributed by atoms with E-state index in [0.717, 1.165) is 12.8 Å². The molecule has 0 radical (unpaired) electrons. The van der Waals surface area contributed by atoms with E-state index in [1.54, 1.807) is 6.07 Å². The third-order valence-corrected chi connectivity index (χ3v) is 3.17. The summed E-state index contributed by atoms with van der Waals surface area (Å²) in [7, 11) is 0. The van der Waals surface area contributed by atoms with Gasteiger partial charge in [0.25, 0.3) is 5.89 Å². The van der Waals surface area contributed by atoms with E-state index < -0.39 is 6.17 Å². The average Bonchev–Trinajstić information content (AvgIpc) is 2.84. The Morgan fingerprint density at radius 3 is 3.12 bits per heavy atom. The largest absolute Gasteiger partial charge is 0.336 e. The van der Waals surface area contributed by atoms with Gasteiger partial charge in [-0.3, -0.25) is 0 Å². The van der Waals surface area contributed by atoms with Crippen molar-refractivity contribution in [1.29, 1.82) is 0 Å². The number of halogens is 1. The molecule has 84 valence electrons. The van der Waals surface area contributed by atoms with Gasteiger partial charge in [0.1, 0.15) is 5.69 Å². The summed E-state index contributed by atoms with van der Waals surface area (Å²) < 4.78 is 22.6. The molecular formula is C10H10FN3OS. The predicted octanol–water partition coefficient (Wildman–Crippen LogP) is 3.00. The lowest BCUT2D eigenvalue weighted by atomic mass is 10.2. The van der Waals surface area contributed by atoms with Crippen LogP contribution in [0.4, 0.5) is 4.39 Å². The van der Waals surface area contributed by atoms with Gasteiger partial charge >= 0.3 is 0 Å². The van der Waals surface area contributed by atoms with E-state index in [0.29, 0.717) is 23.9 Å². The number of nitrogens with zero attached hydrogens (tertiary/aromatic N) is 3. The summed E-state index contributed by atoms with van der Waals surface area (Å²) in [6.07, 6.45) is 1.60. The normalized spacial score (nSPS) is 17.6. The Morgan fingerprint density at radius 2 is 2.44 bits per heavy atom. The van der Waals surface area contributed by atoms with Gasteiger partial charge in [0.15, 0.2) is 6.17 Å². The van der Waals surface area contributed by atoms with Crippen LogP contribution in [0.5, 0.6) is 0 Å². The summed E-state index contributed by atoms with van der Waals surface area (Å²) in [6.45, 7) is 0. The fourth-order valence-corrected chi connectivity index (χ4v) is 2.05. The number of hydrogen-bond acceptors (Lipinski definition) is 5. The zero-order chi connectivity index (χ0) is 11.0. The molecule has 1 aliphatic rings. The van der Waals surface area contributed by atoms with Crippen LogP contribution in [0.15, 0.2) is 16.0 Å². The average molecular weight is 239 g/mol. The van der Waals surface area contributed by atoms with E-state index in [4.69, 9.17) is 4.52 Å². The molecule has 2 aromatic rings. The van der Waals surface area contributed by atoms with Crippen LogP contribution in [0.25, 0.3) is 11.5 Å². The lowest BCUT2D eigenvalue weighted by Gasteiger charge is -1.99. The molecule has 1 atom stereocenters. The highest BCUT2D eigenvalue weighted by Gasteiger charge is 2.29. The molecular weight excluding hydrogens is 229 g/mol. The van der Waals surface area contributed by atoms with Gasteiger partial charge < -0.3 is 4.52 Å². The molecule has 1 fully saturated rings. The first-order valence-corrected chi connectivity index (χ1v) is 6.05. The van der Waals surface area contributed by atoms with Crippen molar-refractivity contribution < 1.29 is 8.91 Å². The molecule has 1 saturated carbocycles. The maximum absolute atomic E-state index is 13.7. The maximum atomic E-state index is 13.7. The molecule has 6 heteroatoms. The Labute approximate surface area is 95.7 Å². The maximum Gasteiger partial charge on any atom is 0.261 e. The topological polar surface area (TPSA) is 51.8 Å². The number of rotatable bonds is 4. The van der Waals surface area contributed by atoms with Crippen molar-refractivity contribution in [3.63, 3.8) is 0 Å². The van der Waals surface area contributed by atoms with Crippen LogP contribution in [0.1, 0.15) is 31.3 Å². The van der Waals surface area contributed by atoms with Crippen LogP contribution < -0.4 is 0 Å². The molecule has 0 spiro atoms. The second-order valence-electron chi connectivity index (χ2n) is 3.99. The van der Waals surface area contributed by atoms with Crippen LogP contribution >= 0.6 is 11.5 Å². The summed E-state index contributed by atoms with van der Waals surface area (Å²) in [6, 6.07) is 1.79. The smallest absolute Gasteiger partial charge is 0.261 e. The summed E-state index contributed by atoms with van der Waals surface area (Å²) in [5.41, 5.74) is 0.638. The SMILES string of the molecule is FC(CC1CC1)c1nc(-c2ccsn2)no1. The summed E-state index contributed by atoms with van der Waals surface area (Å²) in [5.74, 6) is 0.953. The van der Waals surface area contributed by atoms with E-state index in [-0.39, 0.29) is 5.89 Å². The van der Waals surface area contributed by atoms with E-state index in [2.05, 4.69) is 14.5 Å². The predicted molar refractivity (Wildman–Crippen MR) is 56.6 cm³/mol. The van der Waals surface area contributed by atoms with Crippen LogP contribution in [-0.4, -0.2) is 14.5 Å². The molecule has 1 aliphatic carbocycles. The third kappa shape index (κ3) is 1.97. The van der Waals surface area contributed by atoms with E-state index in [9.17, 15) is 4.39 Å². The summed E-state index contributed by atoms with van der Waals surface area (Å²) in [5, 5.41) is 5.55. The summed E-state index contributed by atoms with van der Waals surface area (Å²) in [4.78, 5) is 4.02. The minimum atomic E-state index is -1.13. The fraction of sp³-hybridized carbons (Fsp3) is 0.500. The zero-order valence-electron chi connectivity index (χ0n) is 8.47. The minimum absolute atomic E-state index is 0.0786. The standard InChI is InChI=1S/C10H10FN3OS/c11-7(5-6-1-2-6)10-12-9(13-15-10)8-3-4-16-14-8/h3-4,6-7H,1-2,5H2. The molecule has 3 rings (SSSR count). The molecule has 16 heavy (non-hydrogen) atoms. The van der Waals surface area contributed by atoms with Gasteiger partial charge in [-0.05, 0) is 29.9 Å². The minimum Gasteiger partial charge on any atom is -0.336 e. The third-order valence-electron chi connectivity index (χ3n) is 2.61. The molecule has 2 aromatic heterocycles. The van der Waals surface area contributed by atoms with Gasteiger partial charge in [0.05, 0.1) is 0 Å². The van der Waals surface area contributed by atoms with E-state index in [1.807, 2.05) is 5.38 Å². The van der Waals surface area contributed by atoms with Gasteiger partial charge in [0, 0.05) is 5.38 Å². The van der Waals surface area contributed by atoms with Crippen molar-refractivity contribution in [2.45, 2.75) is 25.4 Å². The van der Waals surface area contributed by atoms with Crippen molar-refractivity contribution in [2.24, 2.45) is 5.92 Å². The molecule has 0 aliphatic heterocycles. The van der Waals surface area contributed by atoms with E-state index >= 15 is 0 Å². The van der Waals surface area contributed by atoms with Crippen LogP contribution in [0.3, 0.4) is 0 Å². The second-order valence-corrected chi connectivity index (χ2v) is 4.65. The highest BCUT2D eigenvalue weighted by molar-refractivity contribution is 7.03. The highest BCUT2D eigenvalue weighted by Crippen LogP contribution is 2.38. The number of alkyl halides is 1.